The fourth-order valence-electron chi connectivity index (χ4n) is 1.35. The average Bonchev–Trinajstić information content (AvgIpc) is 2.76. The molecule has 0 N–H and O–H groups in total. The first-order valence-corrected chi connectivity index (χ1v) is 5.29. The molecule has 0 radical (unpaired) electrons. The third-order valence-electron chi connectivity index (χ3n) is 2.26. The summed E-state index contributed by atoms with van der Waals surface area (Å²) in [5.74, 6) is 2.08. The van der Waals surface area contributed by atoms with Gasteiger partial charge in [0.15, 0.2) is 6.61 Å². The summed E-state index contributed by atoms with van der Waals surface area (Å²) in [5, 5.41) is 3.82. The molecule has 1 heterocycles. The summed E-state index contributed by atoms with van der Waals surface area (Å²) in [5.41, 5.74) is 1.10. The number of aryl methyl sites for hydroxylation is 2. The summed E-state index contributed by atoms with van der Waals surface area (Å²) in [7, 11) is 0. The molecule has 0 fully saturated rings. The van der Waals surface area contributed by atoms with E-state index in [4.69, 9.17) is 9.26 Å². The molecule has 4 heteroatoms. The van der Waals surface area contributed by atoms with Crippen molar-refractivity contribution in [3.63, 3.8) is 0 Å². The zero-order valence-electron chi connectivity index (χ0n) is 9.43. The van der Waals surface area contributed by atoms with Gasteiger partial charge in [-0.25, -0.2) is 0 Å². The largest absolute Gasteiger partial charge is 0.485 e. The molecule has 2 aromatic rings. The predicted molar refractivity (Wildman–Crippen MR) is 59.2 cm³/mol. The number of hydrogen-bond acceptors (Lipinski definition) is 4. The lowest BCUT2D eigenvalue weighted by Gasteiger charge is -2.05. The summed E-state index contributed by atoms with van der Waals surface area (Å²) in [6.07, 6.45) is 0.747. The number of para-hydroxylation sites is 1. The van der Waals surface area contributed by atoms with Crippen LogP contribution in [0.3, 0.4) is 0 Å². The zero-order valence-corrected chi connectivity index (χ0v) is 9.43. The van der Waals surface area contributed by atoms with Gasteiger partial charge in [-0.3, -0.25) is 0 Å². The van der Waals surface area contributed by atoms with Crippen LogP contribution in [-0.2, 0) is 13.0 Å². The molecular formula is C12H14N2O2. The summed E-state index contributed by atoms with van der Waals surface area (Å²) in [6.45, 7) is 4.32. The van der Waals surface area contributed by atoms with Gasteiger partial charge in [-0.1, -0.05) is 30.3 Å². The van der Waals surface area contributed by atoms with Gasteiger partial charge in [0.1, 0.15) is 5.75 Å². The topological polar surface area (TPSA) is 48.2 Å². The van der Waals surface area contributed by atoms with Crippen molar-refractivity contribution in [1.82, 2.24) is 10.1 Å². The van der Waals surface area contributed by atoms with E-state index in [0.29, 0.717) is 18.3 Å². The molecular weight excluding hydrogens is 204 g/mol. The van der Waals surface area contributed by atoms with E-state index in [1.807, 2.05) is 38.1 Å². The normalized spacial score (nSPS) is 10.4. The van der Waals surface area contributed by atoms with Crippen LogP contribution in [0.5, 0.6) is 5.75 Å². The van der Waals surface area contributed by atoms with E-state index in [1.54, 1.807) is 0 Å². The number of hydrogen-bond donors (Lipinski definition) is 0. The number of benzene rings is 1. The Bertz CT molecular complexity index is 466. The maximum Gasteiger partial charge on any atom is 0.226 e. The molecule has 0 spiro atoms. The van der Waals surface area contributed by atoms with Crippen LogP contribution in [0.1, 0.15) is 24.2 Å². The fraction of sp³-hybridized carbons (Fsp3) is 0.333. The van der Waals surface area contributed by atoms with Crippen molar-refractivity contribution >= 4 is 0 Å². The van der Waals surface area contributed by atoms with E-state index >= 15 is 0 Å². The van der Waals surface area contributed by atoms with E-state index < -0.39 is 0 Å². The smallest absolute Gasteiger partial charge is 0.226 e. The number of aromatic nitrogens is 2. The second-order valence-corrected chi connectivity index (χ2v) is 3.51. The zero-order chi connectivity index (χ0) is 11.4. The Morgan fingerprint density at radius 3 is 2.81 bits per heavy atom. The Morgan fingerprint density at radius 1 is 1.31 bits per heavy atom. The van der Waals surface area contributed by atoms with Crippen LogP contribution >= 0.6 is 0 Å². The minimum Gasteiger partial charge on any atom is -0.485 e. The lowest BCUT2D eigenvalue weighted by Crippen LogP contribution is -1.98. The van der Waals surface area contributed by atoms with E-state index in [-0.39, 0.29) is 0 Å². The summed E-state index contributed by atoms with van der Waals surface area (Å²) in [6, 6.07) is 7.85. The van der Waals surface area contributed by atoms with Gasteiger partial charge in [-0.15, -0.1) is 0 Å². The van der Waals surface area contributed by atoms with Gasteiger partial charge in [0.05, 0.1) is 0 Å². The first-order chi connectivity index (χ1) is 7.79. The predicted octanol–water partition coefficient (Wildman–Crippen LogP) is 2.52. The molecule has 0 aliphatic carbocycles. The summed E-state index contributed by atoms with van der Waals surface area (Å²) >= 11 is 0. The quantitative estimate of drug-likeness (QED) is 0.791. The highest BCUT2D eigenvalue weighted by atomic mass is 16.5. The minimum atomic E-state index is 0.342. The molecule has 1 aromatic carbocycles. The highest BCUT2D eigenvalue weighted by Crippen LogP contribution is 2.17. The Morgan fingerprint density at radius 2 is 2.12 bits per heavy atom. The lowest BCUT2D eigenvalue weighted by molar-refractivity contribution is 0.283. The summed E-state index contributed by atoms with van der Waals surface area (Å²) in [4.78, 5) is 4.17. The first-order valence-electron chi connectivity index (χ1n) is 5.29. The molecule has 2 rings (SSSR count). The molecule has 0 amide bonds. The van der Waals surface area contributed by atoms with Crippen LogP contribution in [0, 0.1) is 6.92 Å². The van der Waals surface area contributed by atoms with Crippen molar-refractivity contribution in [3.8, 4) is 5.75 Å². The SMILES string of the molecule is CCc1nc(COc2ccccc2C)no1. The molecule has 0 aliphatic rings. The van der Waals surface area contributed by atoms with Gasteiger partial charge in [0, 0.05) is 6.42 Å². The average molecular weight is 218 g/mol. The van der Waals surface area contributed by atoms with Crippen molar-refractivity contribution in [1.29, 1.82) is 0 Å². The van der Waals surface area contributed by atoms with E-state index in [2.05, 4.69) is 10.1 Å². The van der Waals surface area contributed by atoms with E-state index in [9.17, 15) is 0 Å². The molecule has 0 saturated heterocycles. The maximum absolute atomic E-state index is 5.60. The van der Waals surface area contributed by atoms with Crippen LogP contribution in [-0.4, -0.2) is 10.1 Å². The molecule has 0 bridgehead atoms. The van der Waals surface area contributed by atoms with Crippen molar-refractivity contribution < 1.29 is 9.26 Å². The highest BCUT2D eigenvalue weighted by Gasteiger charge is 2.05. The number of ether oxygens (including phenoxy) is 1. The standard InChI is InChI=1S/C12H14N2O2/c1-3-12-13-11(14-16-12)8-15-10-7-5-4-6-9(10)2/h4-7H,3,8H2,1-2H3. The van der Waals surface area contributed by atoms with Crippen LogP contribution in [0.25, 0.3) is 0 Å². The molecule has 0 aliphatic heterocycles. The van der Waals surface area contributed by atoms with E-state index in [1.165, 1.54) is 0 Å². The molecule has 0 atom stereocenters. The van der Waals surface area contributed by atoms with Gasteiger partial charge in [0.2, 0.25) is 11.7 Å². The summed E-state index contributed by atoms with van der Waals surface area (Å²) < 4.78 is 10.6. The Balaban J connectivity index is 1.99. The molecule has 84 valence electrons. The van der Waals surface area contributed by atoms with Gasteiger partial charge in [-0.2, -0.15) is 4.98 Å². The Hall–Kier alpha value is -1.84. The van der Waals surface area contributed by atoms with Crippen LogP contribution in [0.2, 0.25) is 0 Å². The second-order valence-electron chi connectivity index (χ2n) is 3.51. The van der Waals surface area contributed by atoms with Crippen LogP contribution in [0.15, 0.2) is 28.8 Å². The van der Waals surface area contributed by atoms with E-state index in [0.717, 1.165) is 17.7 Å². The first kappa shape index (κ1) is 10.7. The third kappa shape index (κ3) is 2.39. The lowest BCUT2D eigenvalue weighted by atomic mass is 10.2. The van der Waals surface area contributed by atoms with Gasteiger partial charge in [-0.05, 0) is 18.6 Å². The Labute approximate surface area is 94.2 Å². The van der Waals surface area contributed by atoms with Crippen molar-refractivity contribution in [3.05, 3.63) is 41.5 Å². The minimum absolute atomic E-state index is 0.342. The number of nitrogens with zero attached hydrogens (tertiary/aromatic N) is 2. The second kappa shape index (κ2) is 4.79. The molecule has 1 aromatic heterocycles. The van der Waals surface area contributed by atoms with Gasteiger partial charge < -0.3 is 9.26 Å². The van der Waals surface area contributed by atoms with Gasteiger partial charge >= 0.3 is 0 Å². The Kier molecular flexibility index (Phi) is 3.19. The third-order valence-corrected chi connectivity index (χ3v) is 2.26. The molecule has 4 nitrogen and oxygen atoms in total. The van der Waals surface area contributed by atoms with Crippen LogP contribution < -0.4 is 4.74 Å². The monoisotopic (exact) mass is 218 g/mol. The van der Waals surface area contributed by atoms with Crippen molar-refractivity contribution in [2.75, 3.05) is 0 Å². The fourth-order valence-corrected chi connectivity index (χ4v) is 1.35. The van der Waals surface area contributed by atoms with Crippen molar-refractivity contribution in [2.45, 2.75) is 26.9 Å². The van der Waals surface area contributed by atoms with Gasteiger partial charge in [0.25, 0.3) is 0 Å². The highest BCUT2D eigenvalue weighted by molar-refractivity contribution is 5.31. The molecule has 16 heavy (non-hydrogen) atoms. The van der Waals surface area contributed by atoms with Crippen LogP contribution in [0.4, 0.5) is 0 Å². The number of rotatable bonds is 4. The molecule has 0 unspecified atom stereocenters. The van der Waals surface area contributed by atoms with Crippen molar-refractivity contribution in [2.24, 2.45) is 0 Å². The molecule has 0 saturated carbocycles. The maximum atomic E-state index is 5.60.